The molecule has 1 aromatic carbocycles. The van der Waals surface area contributed by atoms with E-state index in [1.807, 2.05) is 0 Å². The summed E-state index contributed by atoms with van der Waals surface area (Å²) in [6, 6.07) is 5.31. The standard InChI is InChI=1S/C13H15NO6S/c1-21(18,19)10-4-2-9(3-5-10)11(15)14-13(12(16)17)6-7-20-8-13/h2-5H,6-8H2,1H3,(H,14,15)(H,16,17). The van der Waals surface area contributed by atoms with Crippen molar-refractivity contribution in [3.05, 3.63) is 29.8 Å². The molecule has 1 unspecified atom stereocenters. The molecule has 2 rings (SSSR count). The van der Waals surface area contributed by atoms with Crippen LogP contribution in [0, 0.1) is 0 Å². The quantitative estimate of drug-likeness (QED) is 0.813. The van der Waals surface area contributed by atoms with E-state index in [1.54, 1.807) is 0 Å². The highest BCUT2D eigenvalue weighted by Crippen LogP contribution is 2.20. The summed E-state index contributed by atoms with van der Waals surface area (Å²) in [6.45, 7) is 0.176. The van der Waals surface area contributed by atoms with Crippen LogP contribution in [0.25, 0.3) is 0 Å². The van der Waals surface area contributed by atoms with E-state index in [-0.39, 0.29) is 30.1 Å². The van der Waals surface area contributed by atoms with E-state index in [4.69, 9.17) is 4.74 Å². The molecule has 1 heterocycles. The molecule has 1 saturated heterocycles. The van der Waals surface area contributed by atoms with Crippen molar-refractivity contribution in [2.75, 3.05) is 19.5 Å². The first-order chi connectivity index (χ1) is 9.74. The summed E-state index contributed by atoms with van der Waals surface area (Å²) in [7, 11) is -3.34. The number of aliphatic carboxylic acids is 1. The Morgan fingerprint density at radius 2 is 1.90 bits per heavy atom. The Labute approximate surface area is 121 Å². The van der Waals surface area contributed by atoms with Crippen LogP contribution in [-0.2, 0) is 19.4 Å². The number of carbonyl (C=O) groups excluding carboxylic acids is 1. The Balaban J connectivity index is 2.19. The average molecular weight is 313 g/mol. The number of hydrogen-bond donors (Lipinski definition) is 2. The SMILES string of the molecule is CS(=O)(=O)c1ccc(C(=O)NC2(C(=O)O)CCOC2)cc1. The van der Waals surface area contributed by atoms with Crippen LogP contribution in [0.3, 0.4) is 0 Å². The maximum atomic E-state index is 12.1. The zero-order chi connectivity index (χ0) is 15.7. The molecule has 8 heteroatoms. The molecule has 114 valence electrons. The third kappa shape index (κ3) is 3.22. The van der Waals surface area contributed by atoms with Gasteiger partial charge in [0, 0.05) is 24.8 Å². The summed E-state index contributed by atoms with van der Waals surface area (Å²) in [6.07, 6.45) is 1.26. The summed E-state index contributed by atoms with van der Waals surface area (Å²) in [5.74, 6) is -1.73. The largest absolute Gasteiger partial charge is 0.479 e. The second-order valence-corrected chi connectivity index (χ2v) is 6.96. The van der Waals surface area contributed by atoms with E-state index in [9.17, 15) is 23.1 Å². The number of carboxylic acid groups (broad SMARTS) is 1. The van der Waals surface area contributed by atoms with E-state index in [0.29, 0.717) is 0 Å². The fourth-order valence-corrected chi connectivity index (χ4v) is 2.66. The average Bonchev–Trinajstić information content (AvgIpc) is 2.88. The fourth-order valence-electron chi connectivity index (χ4n) is 2.03. The topological polar surface area (TPSA) is 110 Å². The number of carboxylic acids is 1. The molecule has 0 saturated carbocycles. The van der Waals surface area contributed by atoms with Gasteiger partial charge in [0.2, 0.25) is 0 Å². The number of amides is 1. The van der Waals surface area contributed by atoms with Gasteiger partial charge in [-0.25, -0.2) is 13.2 Å². The Hall–Kier alpha value is -1.93. The molecular formula is C13H15NO6S. The zero-order valence-corrected chi connectivity index (χ0v) is 12.1. The lowest BCUT2D eigenvalue weighted by atomic mass is 9.98. The summed E-state index contributed by atoms with van der Waals surface area (Å²) in [5, 5.41) is 11.7. The molecule has 1 amide bonds. The van der Waals surface area contributed by atoms with Crippen molar-refractivity contribution < 1.29 is 27.9 Å². The van der Waals surface area contributed by atoms with Crippen LogP contribution in [0.4, 0.5) is 0 Å². The second-order valence-electron chi connectivity index (χ2n) is 4.94. The molecule has 2 N–H and O–H groups in total. The smallest absolute Gasteiger partial charge is 0.331 e. The van der Waals surface area contributed by atoms with E-state index in [0.717, 1.165) is 6.26 Å². The number of carbonyl (C=O) groups is 2. The van der Waals surface area contributed by atoms with E-state index >= 15 is 0 Å². The van der Waals surface area contributed by atoms with Gasteiger partial charge in [-0.1, -0.05) is 0 Å². The lowest BCUT2D eigenvalue weighted by Gasteiger charge is -2.23. The minimum absolute atomic E-state index is 0.0878. The van der Waals surface area contributed by atoms with Crippen molar-refractivity contribution >= 4 is 21.7 Å². The van der Waals surface area contributed by atoms with Crippen LogP contribution in [0.15, 0.2) is 29.2 Å². The van der Waals surface area contributed by atoms with Crippen molar-refractivity contribution in [2.45, 2.75) is 16.9 Å². The number of hydrogen-bond acceptors (Lipinski definition) is 5. The van der Waals surface area contributed by atoms with Crippen LogP contribution < -0.4 is 5.32 Å². The molecule has 1 aliphatic rings. The minimum Gasteiger partial charge on any atom is -0.479 e. The first kappa shape index (κ1) is 15.5. The summed E-state index contributed by atoms with van der Waals surface area (Å²) in [5.41, 5.74) is -1.23. The van der Waals surface area contributed by atoms with Crippen molar-refractivity contribution in [3.63, 3.8) is 0 Å². The van der Waals surface area contributed by atoms with Crippen LogP contribution in [0.5, 0.6) is 0 Å². The van der Waals surface area contributed by atoms with Crippen LogP contribution >= 0.6 is 0 Å². The van der Waals surface area contributed by atoms with Gasteiger partial charge in [-0.2, -0.15) is 0 Å². The second kappa shape index (κ2) is 5.45. The lowest BCUT2D eigenvalue weighted by molar-refractivity contribution is -0.144. The van der Waals surface area contributed by atoms with E-state index in [2.05, 4.69) is 5.32 Å². The van der Waals surface area contributed by atoms with Crippen molar-refractivity contribution in [1.29, 1.82) is 0 Å². The van der Waals surface area contributed by atoms with Crippen molar-refractivity contribution in [3.8, 4) is 0 Å². The van der Waals surface area contributed by atoms with E-state index < -0.39 is 27.3 Å². The molecule has 1 fully saturated rings. The van der Waals surface area contributed by atoms with Crippen LogP contribution in [0.2, 0.25) is 0 Å². The maximum Gasteiger partial charge on any atom is 0.331 e. The molecule has 7 nitrogen and oxygen atoms in total. The van der Waals surface area contributed by atoms with Gasteiger partial charge < -0.3 is 15.2 Å². The van der Waals surface area contributed by atoms with E-state index in [1.165, 1.54) is 24.3 Å². The van der Waals surface area contributed by atoms with Gasteiger partial charge in [-0.05, 0) is 24.3 Å². The molecule has 1 atom stereocenters. The molecule has 0 spiro atoms. The fraction of sp³-hybridized carbons (Fsp3) is 0.385. The summed E-state index contributed by atoms with van der Waals surface area (Å²) < 4.78 is 27.7. The monoisotopic (exact) mass is 313 g/mol. The molecule has 0 aromatic heterocycles. The van der Waals surface area contributed by atoms with Crippen LogP contribution in [-0.4, -0.2) is 50.4 Å². The van der Waals surface area contributed by atoms with Gasteiger partial charge in [0.25, 0.3) is 5.91 Å². The molecule has 21 heavy (non-hydrogen) atoms. The predicted molar refractivity (Wildman–Crippen MR) is 72.8 cm³/mol. The number of benzene rings is 1. The minimum atomic E-state index is -3.34. The first-order valence-corrected chi connectivity index (χ1v) is 8.07. The third-order valence-electron chi connectivity index (χ3n) is 3.33. The number of rotatable bonds is 4. The highest BCUT2D eigenvalue weighted by atomic mass is 32.2. The molecule has 0 aliphatic carbocycles. The molecule has 0 radical (unpaired) electrons. The number of nitrogens with one attached hydrogen (secondary N) is 1. The molecule has 1 aliphatic heterocycles. The van der Waals surface area contributed by atoms with Crippen LogP contribution in [0.1, 0.15) is 16.8 Å². The van der Waals surface area contributed by atoms with Gasteiger partial charge in [0.15, 0.2) is 15.4 Å². The predicted octanol–water partition coefficient (Wildman–Crippen LogP) is 0.0636. The highest BCUT2D eigenvalue weighted by Gasteiger charge is 2.44. The summed E-state index contributed by atoms with van der Waals surface area (Å²) in [4.78, 5) is 23.5. The molecule has 0 bridgehead atoms. The first-order valence-electron chi connectivity index (χ1n) is 6.18. The van der Waals surface area contributed by atoms with Crippen molar-refractivity contribution in [2.24, 2.45) is 0 Å². The van der Waals surface area contributed by atoms with Gasteiger partial charge in [0.05, 0.1) is 11.5 Å². The van der Waals surface area contributed by atoms with Gasteiger partial charge in [-0.3, -0.25) is 4.79 Å². The lowest BCUT2D eigenvalue weighted by Crippen LogP contribution is -2.55. The normalized spacial score (nSPS) is 22.0. The third-order valence-corrected chi connectivity index (χ3v) is 4.46. The Kier molecular flexibility index (Phi) is 4.02. The van der Waals surface area contributed by atoms with Gasteiger partial charge >= 0.3 is 5.97 Å². The van der Waals surface area contributed by atoms with Crippen molar-refractivity contribution in [1.82, 2.24) is 5.32 Å². The summed E-state index contributed by atoms with van der Waals surface area (Å²) >= 11 is 0. The Morgan fingerprint density at radius 1 is 1.29 bits per heavy atom. The van der Waals surface area contributed by atoms with Gasteiger partial charge in [-0.15, -0.1) is 0 Å². The number of ether oxygens (including phenoxy) is 1. The maximum absolute atomic E-state index is 12.1. The molecular weight excluding hydrogens is 298 g/mol. The Morgan fingerprint density at radius 3 is 2.33 bits per heavy atom. The highest BCUT2D eigenvalue weighted by molar-refractivity contribution is 7.90. The number of sulfone groups is 1. The Bertz CT molecular complexity index is 658. The zero-order valence-electron chi connectivity index (χ0n) is 11.3. The van der Waals surface area contributed by atoms with Gasteiger partial charge in [0.1, 0.15) is 0 Å². The molecule has 1 aromatic rings.